The predicted octanol–water partition coefficient (Wildman–Crippen LogP) is 3.40. The highest BCUT2D eigenvalue weighted by molar-refractivity contribution is 6.01. The third-order valence-corrected chi connectivity index (χ3v) is 4.48. The van der Waals surface area contributed by atoms with Gasteiger partial charge < -0.3 is 24.4 Å². The fraction of sp³-hybridized carbons (Fsp3) is 0.316. The van der Waals surface area contributed by atoms with E-state index in [1.54, 1.807) is 7.11 Å². The maximum absolute atomic E-state index is 13.0. The highest BCUT2D eigenvalue weighted by Crippen LogP contribution is 2.44. The normalized spacial score (nSPS) is 17.9. The minimum Gasteiger partial charge on any atom is -0.493 e. The molecule has 0 unspecified atom stereocenters. The fourth-order valence-electron chi connectivity index (χ4n) is 3.34. The molecule has 6 nitrogen and oxygen atoms in total. The summed E-state index contributed by atoms with van der Waals surface area (Å²) in [5.41, 5.74) is 2.43. The fourth-order valence-corrected chi connectivity index (χ4v) is 3.34. The lowest BCUT2D eigenvalue weighted by Gasteiger charge is -2.38. The predicted molar refractivity (Wildman–Crippen MR) is 93.3 cm³/mol. The Hall–Kier alpha value is -2.89. The van der Waals surface area contributed by atoms with E-state index in [1.165, 1.54) is 0 Å². The Kier molecular flexibility index (Phi) is 3.87. The molecule has 0 bridgehead atoms. The van der Waals surface area contributed by atoms with Crippen molar-refractivity contribution in [3.05, 3.63) is 47.5 Å². The number of ether oxygens (including phenoxy) is 3. The molecule has 0 spiro atoms. The first kappa shape index (κ1) is 15.6. The zero-order chi connectivity index (χ0) is 17.4. The van der Waals surface area contributed by atoms with Gasteiger partial charge in [0, 0.05) is 17.8 Å². The second-order valence-electron chi connectivity index (χ2n) is 6.05. The summed E-state index contributed by atoms with van der Waals surface area (Å²) in [5, 5.41) is 3.47. The zero-order valence-electron chi connectivity index (χ0n) is 14.2. The molecule has 0 saturated heterocycles. The lowest BCUT2D eigenvalue weighted by atomic mass is 10.0. The van der Waals surface area contributed by atoms with E-state index >= 15 is 0 Å². The minimum atomic E-state index is -0.286. The Bertz CT molecular complexity index is 821. The molecule has 6 heteroatoms. The van der Waals surface area contributed by atoms with E-state index in [4.69, 9.17) is 14.2 Å². The zero-order valence-corrected chi connectivity index (χ0v) is 14.2. The molecule has 1 atom stereocenters. The Morgan fingerprint density at radius 2 is 2.12 bits per heavy atom. The summed E-state index contributed by atoms with van der Waals surface area (Å²) >= 11 is 0. The first-order valence-electron chi connectivity index (χ1n) is 8.37. The lowest BCUT2D eigenvalue weighted by Crippen LogP contribution is -2.43. The molecule has 0 aromatic heterocycles. The molecule has 0 radical (unpaired) electrons. The summed E-state index contributed by atoms with van der Waals surface area (Å²) in [5.74, 6) is 1.88. The van der Waals surface area contributed by atoms with Crippen molar-refractivity contribution in [1.82, 2.24) is 4.90 Å². The third kappa shape index (κ3) is 2.54. The SMILES string of the molecule is CCCN1C(=O)c2ccccc2N[C@H]1c1cc(OC)c2c(c1)OCO2. The van der Waals surface area contributed by atoms with Gasteiger partial charge in [0.1, 0.15) is 6.17 Å². The van der Waals surface area contributed by atoms with Crippen molar-refractivity contribution in [3.8, 4) is 17.2 Å². The van der Waals surface area contributed by atoms with Crippen molar-refractivity contribution in [2.45, 2.75) is 19.5 Å². The van der Waals surface area contributed by atoms with Crippen LogP contribution in [0.2, 0.25) is 0 Å². The quantitative estimate of drug-likeness (QED) is 0.924. The molecule has 2 heterocycles. The molecule has 1 amide bonds. The lowest BCUT2D eigenvalue weighted by molar-refractivity contribution is 0.0683. The van der Waals surface area contributed by atoms with Crippen molar-refractivity contribution in [2.24, 2.45) is 0 Å². The molecule has 2 aromatic carbocycles. The van der Waals surface area contributed by atoms with Crippen LogP contribution < -0.4 is 19.5 Å². The number of fused-ring (bicyclic) bond motifs is 2. The number of para-hydroxylation sites is 1. The topological polar surface area (TPSA) is 60.0 Å². The van der Waals surface area contributed by atoms with Gasteiger partial charge in [-0.1, -0.05) is 19.1 Å². The molecule has 1 N–H and O–H groups in total. The number of hydrogen-bond acceptors (Lipinski definition) is 5. The van der Waals surface area contributed by atoms with Crippen LogP contribution in [0.15, 0.2) is 36.4 Å². The van der Waals surface area contributed by atoms with Crippen LogP contribution >= 0.6 is 0 Å². The number of carbonyl (C=O) groups is 1. The van der Waals surface area contributed by atoms with Crippen molar-refractivity contribution >= 4 is 11.6 Å². The first-order valence-corrected chi connectivity index (χ1v) is 8.37. The number of hydrogen-bond donors (Lipinski definition) is 1. The third-order valence-electron chi connectivity index (χ3n) is 4.48. The van der Waals surface area contributed by atoms with Gasteiger partial charge in [0.15, 0.2) is 11.5 Å². The van der Waals surface area contributed by atoms with Crippen molar-refractivity contribution in [1.29, 1.82) is 0 Å². The Labute approximate surface area is 146 Å². The van der Waals surface area contributed by atoms with Crippen LogP contribution in [-0.4, -0.2) is 31.3 Å². The summed E-state index contributed by atoms with van der Waals surface area (Å²) < 4.78 is 16.4. The summed E-state index contributed by atoms with van der Waals surface area (Å²) in [4.78, 5) is 14.8. The van der Waals surface area contributed by atoms with E-state index in [2.05, 4.69) is 12.2 Å². The summed E-state index contributed by atoms with van der Waals surface area (Å²) in [6.07, 6.45) is 0.582. The van der Waals surface area contributed by atoms with Gasteiger partial charge in [-0.2, -0.15) is 0 Å². The van der Waals surface area contributed by atoms with Crippen LogP contribution in [-0.2, 0) is 0 Å². The molecule has 0 fully saturated rings. The van der Waals surface area contributed by atoms with Crippen LogP contribution in [0.1, 0.15) is 35.4 Å². The molecule has 2 aliphatic heterocycles. The van der Waals surface area contributed by atoms with Crippen LogP contribution in [0.25, 0.3) is 0 Å². The molecule has 25 heavy (non-hydrogen) atoms. The number of nitrogens with one attached hydrogen (secondary N) is 1. The molecular formula is C19H20N2O4. The van der Waals surface area contributed by atoms with E-state index in [1.807, 2.05) is 41.3 Å². The van der Waals surface area contributed by atoms with E-state index in [0.29, 0.717) is 29.4 Å². The molecule has 4 rings (SSSR count). The van der Waals surface area contributed by atoms with Gasteiger partial charge in [0.2, 0.25) is 12.5 Å². The van der Waals surface area contributed by atoms with Gasteiger partial charge in [-0.15, -0.1) is 0 Å². The Morgan fingerprint density at radius 1 is 1.28 bits per heavy atom. The van der Waals surface area contributed by atoms with Gasteiger partial charge in [-0.3, -0.25) is 4.79 Å². The van der Waals surface area contributed by atoms with E-state index in [0.717, 1.165) is 17.7 Å². The van der Waals surface area contributed by atoms with Crippen molar-refractivity contribution < 1.29 is 19.0 Å². The second-order valence-corrected chi connectivity index (χ2v) is 6.05. The summed E-state index contributed by atoms with van der Waals surface area (Å²) in [6, 6.07) is 11.4. The molecule has 2 aromatic rings. The van der Waals surface area contributed by atoms with Gasteiger partial charge in [-0.05, 0) is 30.7 Å². The number of rotatable bonds is 4. The van der Waals surface area contributed by atoms with E-state index in [-0.39, 0.29) is 18.9 Å². The highest BCUT2D eigenvalue weighted by Gasteiger charge is 2.34. The van der Waals surface area contributed by atoms with Crippen LogP contribution in [0.5, 0.6) is 17.2 Å². The average molecular weight is 340 g/mol. The smallest absolute Gasteiger partial charge is 0.257 e. The summed E-state index contributed by atoms with van der Waals surface area (Å²) in [6.45, 7) is 2.89. The van der Waals surface area contributed by atoms with Crippen molar-refractivity contribution in [2.75, 3.05) is 25.8 Å². The van der Waals surface area contributed by atoms with Crippen LogP contribution in [0.4, 0.5) is 5.69 Å². The Morgan fingerprint density at radius 3 is 2.92 bits per heavy atom. The number of benzene rings is 2. The van der Waals surface area contributed by atoms with Gasteiger partial charge in [0.25, 0.3) is 5.91 Å². The van der Waals surface area contributed by atoms with Crippen LogP contribution in [0, 0.1) is 0 Å². The van der Waals surface area contributed by atoms with Gasteiger partial charge in [0.05, 0.1) is 12.7 Å². The maximum atomic E-state index is 13.0. The van der Waals surface area contributed by atoms with E-state index in [9.17, 15) is 4.79 Å². The number of carbonyl (C=O) groups excluding carboxylic acids is 1. The molecule has 2 aliphatic rings. The Balaban J connectivity index is 1.79. The number of nitrogens with zero attached hydrogens (tertiary/aromatic N) is 1. The van der Waals surface area contributed by atoms with E-state index < -0.39 is 0 Å². The monoisotopic (exact) mass is 340 g/mol. The molecular weight excluding hydrogens is 320 g/mol. The van der Waals surface area contributed by atoms with Crippen LogP contribution in [0.3, 0.4) is 0 Å². The largest absolute Gasteiger partial charge is 0.493 e. The summed E-state index contributed by atoms with van der Waals surface area (Å²) in [7, 11) is 1.60. The standard InChI is InChI=1S/C19H20N2O4/c1-3-8-21-18(20-14-7-5-4-6-13(14)19(21)22)12-9-15(23-2)17-16(10-12)24-11-25-17/h4-7,9-10,18,20H,3,8,11H2,1-2H3/t18-/m1/s1. The molecule has 0 aliphatic carbocycles. The van der Waals surface area contributed by atoms with Gasteiger partial charge >= 0.3 is 0 Å². The number of amides is 1. The molecule has 0 saturated carbocycles. The maximum Gasteiger partial charge on any atom is 0.257 e. The van der Waals surface area contributed by atoms with Crippen molar-refractivity contribution in [3.63, 3.8) is 0 Å². The molecule has 130 valence electrons. The van der Waals surface area contributed by atoms with Gasteiger partial charge in [-0.25, -0.2) is 0 Å². The number of anilines is 1. The number of methoxy groups -OCH3 is 1. The first-order chi connectivity index (χ1) is 12.2. The minimum absolute atomic E-state index is 0.0258. The second kappa shape index (κ2) is 6.20. The highest BCUT2D eigenvalue weighted by atomic mass is 16.7. The average Bonchev–Trinajstić information content (AvgIpc) is 3.12.